The lowest BCUT2D eigenvalue weighted by molar-refractivity contribution is -0.141. The van der Waals surface area contributed by atoms with E-state index in [4.69, 9.17) is 0 Å². The number of H-pyrrole nitrogens is 1. The van der Waals surface area contributed by atoms with Gasteiger partial charge in [-0.1, -0.05) is 30.0 Å². The van der Waals surface area contributed by atoms with Gasteiger partial charge in [0, 0.05) is 17.2 Å². The lowest BCUT2D eigenvalue weighted by Gasteiger charge is -2.05. The number of halogens is 3. The van der Waals surface area contributed by atoms with E-state index in [-0.39, 0.29) is 5.56 Å². The fraction of sp³-hybridized carbons (Fsp3) is 0.0714. The summed E-state index contributed by atoms with van der Waals surface area (Å²) in [6.45, 7) is 0. The molecule has 1 heterocycles. The van der Waals surface area contributed by atoms with Crippen LogP contribution in [0.4, 0.5) is 13.2 Å². The highest BCUT2D eigenvalue weighted by Crippen LogP contribution is 2.26. The highest BCUT2D eigenvalue weighted by atomic mass is 19.4. The fourth-order valence-electron chi connectivity index (χ4n) is 1.43. The Hall–Kier alpha value is -2.48. The van der Waals surface area contributed by atoms with Crippen LogP contribution >= 0.6 is 0 Å². The summed E-state index contributed by atoms with van der Waals surface area (Å²) in [6.07, 6.45) is -4.59. The Balaban J connectivity index is 2.40. The number of aromatic nitrogens is 1. The number of hydrogen-bond donors (Lipinski definition) is 1. The van der Waals surface area contributed by atoms with Crippen LogP contribution in [-0.4, -0.2) is 4.98 Å². The van der Waals surface area contributed by atoms with Crippen molar-refractivity contribution in [2.45, 2.75) is 6.18 Å². The standard InChI is InChI=1S/C14H8F3NO/c15-14(16,17)12-8-11(9-13(19)18-12)7-6-10-4-2-1-3-5-10/h1-5,8-9H,(H,18,19). The quantitative estimate of drug-likeness (QED) is 0.728. The molecule has 0 unspecified atom stereocenters. The highest BCUT2D eigenvalue weighted by molar-refractivity contribution is 5.42. The van der Waals surface area contributed by atoms with Crippen molar-refractivity contribution in [3.05, 3.63) is 69.6 Å². The van der Waals surface area contributed by atoms with Crippen molar-refractivity contribution in [3.8, 4) is 11.8 Å². The zero-order chi connectivity index (χ0) is 13.9. The summed E-state index contributed by atoms with van der Waals surface area (Å²) in [5.74, 6) is 5.24. The van der Waals surface area contributed by atoms with Gasteiger partial charge in [0.15, 0.2) is 0 Å². The van der Waals surface area contributed by atoms with Gasteiger partial charge in [-0.3, -0.25) is 4.79 Å². The molecule has 0 aliphatic rings. The molecule has 0 amide bonds. The number of aromatic amines is 1. The number of hydrogen-bond acceptors (Lipinski definition) is 1. The van der Waals surface area contributed by atoms with Crippen LogP contribution in [0.25, 0.3) is 0 Å². The van der Waals surface area contributed by atoms with Crippen LogP contribution in [0.2, 0.25) is 0 Å². The molecule has 0 saturated heterocycles. The minimum Gasteiger partial charge on any atom is -0.318 e. The molecule has 1 N–H and O–H groups in total. The molecule has 0 aliphatic carbocycles. The second kappa shape index (κ2) is 5.02. The van der Waals surface area contributed by atoms with Crippen LogP contribution in [0.1, 0.15) is 16.8 Å². The van der Waals surface area contributed by atoms with Crippen molar-refractivity contribution < 1.29 is 13.2 Å². The maximum Gasteiger partial charge on any atom is 0.431 e. The van der Waals surface area contributed by atoms with Crippen LogP contribution in [0.3, 0.4) is 0 Å². The van der Waals surface area contributed by atoms with E-state index >= 15 is 0 Å². The van der Waals surface area contributed by atoms with E-state index in [1.165, 1.54) is 0 Å². The molecule has 2 nitrogen and oxygen atoms in total. The summed E-state index contributed by atoms with van der Waals surface area (Å²) in [4.78, 5) is 12.9. The topological polar surface area (TPSA) is 32.9 Å². The van der Waals surface area contributed by atoms with Crippen molar-refractivity contribution in [2.24, 2.45) is 0 Å². The summed E-state index contributed by atoms with van der Waals surface area (Å²) in [5.41, 5.74) is -1.24. The van der Waals surface area contributed by atoms with Crippen molar-refractivity contribution in [1.29, 1.82) is 0 Å². The molecule has 0 spiro atoms. The first-order chi connectivity index (χ1) is 8.95. The summed E-state index contributed by atoms with van der Waals surface area (Å²) >= 11 is 0. The predicted octanol–water partition coefficient (Wildman–Crippen LogP) is 2.79. The van der Waals surface area contributed by atoms with Gasteiger partial charge in [0.25, 0.3) is 0 Å². The Kier molecular flexibility index (Phi) is 3.43. The molecular weight excluding hydrogens is 255 g/mol. The van der Waals surface area contributed by atoms with Crippen molar-refractivity contribution in [1.82, 2.24) is 4.98 Å². The van der Waals surface area contributed by atoms with Crippen LogP contribution in [0.5, 0.6) is 0 Å². The molecule has 1 aromatic heterocycles. The highest BCUT2D eigenvalue weighted by Gasteiger charge is 2.32. The molecular formula is C14H8F3NO. The van der Waals surface area contributed by atoms with Crippen molar-refractivity contribution in [2.75, 3.05) is 0 Å². The van der Waals surface area contributed by atoms with E-state index in [1.807, 2.05) is 0 Å². The van der Waals surface area contributed by atoms with Gasteiger partial charge >= 0.3 is 6.18 Å². The summed E-state index contributed by atoms with van der Waals surface area (Å²) in [6, 6.07) is 10.6. The zero-order valence-electron chi connectivity index (χ0n) is 9.58. The summed E-state index contributed by atoms with van der Waals surface area (Å²) < 4.78 is 37.5. The first-order valence-electron chi connectivity index (χ1n) is 5.34. The Labute approximate surface area is 106 Å². The van der Waals surface area contributed by atoms with Gasteiger partial charge in [0.05, 0.1) is 0 Å². The average Bonchev–Trinajstić information content (AvgIpc) is 2.36. The minimum atomic E-state index is -4.59. The lowest BCUT2D eigenvalue weighted by atomic mass is 10.2. The van der Waals surface area contributed by atoms with Gasteiger partial charge in [-0.25, -0.2) is 0 Å². The van der Waals surface area contributed by atoms with Crippen LogP contribution in [-0.2, 0) is 6.18 Å². The number of rotatable bonds is 0. The van der Waals surface area contributed by atoms with E-state index in [0.29, 0.717) is 5.56 Å². The minimum absolute atomic E-state index is 0.0277. The van der Waals surface area contributed by atoms with Crippen LogP contribution in [0, 0.1) is 11.8 Å². The van der Waals surface area contributed by atoms with Crippen LogP contribution < -0.4 is 5.56 Å². The number of alkyl halides is 3. The third kappa shape index (κ3) is 3.49. The first-order valence-corrected chi connectivity index (χ1v) is 5.34. The number of nitrogens with one attached hydrogen (secondary N) is 1. The third-order valence-electron chi connectivity index (χ3n) is 2.27. The molecule has 0 saturated carbocycles. The molecule has 1 aromatic carbocycles. The molecule has 0 fully saturated rings. The van der Waals surface area contributed by atoms with Gasteiger partial charge in [-0.15, -0.1) is 0 Å². The molecule has 19 heavy (non-hydrogen) atoms. The molecule has 5 heteroatoms. The normalized spacial score (nSPS) is 10.7. The Morgan fingerprint density at radius 2 is 1.58 bits per heavy atom. The van der Waals surface area contributed by atoms with Gasteiger partial charge in [-0.2, -0.15) is 13.2 Å². The second-order valence-electron chi connectivity index (χ2n) is 3.76. The van der Waals surface area contributed by atoms with Crippen molar-refractivity contribution in [3.63, 3.8) is 0 Å². The van der Waals surface area contributed by atoms with E-state index in [0.717, 1.165) is 12.1 Å². The SMILES string of the molecule is O=c1cc(C#Cc2ccccc2)cc(C(F)(F)F)[nH]1. The average molecular weight is 263 g/mol. The fourth-order valence-corrected chi connectivity index (χ4v) is 1.43. The molecule has 0 radical (unpaired) electrons. The van der Waals surface area contributed by atoms with E-state index in [1.54, 1.807) is 35.3 Å². The molecule has 96 valence electrons. The lowest BCUT2D eigenvalue weighted by Crippen LogP contribution is -2.16. The first kappa shape index (κ1) is 13.0. The molecule has 2 rings (SSSR count). The summed E-state index contributed by atoms with van der Waals surface area (Å²) in [5, 5.41) is 0. The zero-order valence-corrected chi connectivity index (χ0v) is 9.58. The van der Waals surface area contributed by atoms with E-state index in [9.17, 15) is 18.0 Å². The second-order valence-corrected chi connectivity index (χ2v) is 3.76. The number of benzene rings is 1. The number of pyridine rings is 1. The Morgan fingerprint density at radius 3 is 2.21 bits per heavy atom. The molecule has 0 atom stereocenters. The van der Waals surface area contributed by atoms with E-state index in [2.05, 4.69) is 11.8 Å². The smallest absolute Gasteiger partial charge is 0.318 e. The maximum absolute atomic E-state index is 12.5. The van der Waals surface area contributed by atoms with Gasteiger partial charge < -0.3 is 4.98 Å². The molecule has 0 aliphatic heterocycles. The van der Waals surface area contributed by atoms with Crippen molar-refractivity contribution >= 4 is 0 Å². The maximum atomic E-state index is 12.5. The van der Waals surface area contributed by atoms with Crippen LogP contribution in [0.15, 0.2) is 47.3 Å². The largest absolute Gasteiger partial charge is 0.431 e. The van der Waals surface area contributed by atoms with Gasteiger partial charge in [0.1, 0.15) is 5.69 Å². The third-order valence-corrected chi connectivity index (χ3v) is 2.27. The molecule has 2 aromatic rings. The predicted molar refractivity (Wildman–Crippen MR) is 64.5 cm³/mol. The Morgan fingerprint density at radius 1 is 0.947 bits per heavy atom. The Bertz CT molecular complexity index is 690. The summed E-state index contributed by atoms with van der Waals surface area (Å²) in [7, 11) is 0. The van der Waals surface area contributed by atoms with Gasteiger partial charge in [-0.05, 0) is 18.2 Å². The van der Waals surface area contributed by atoms with E-state index < -0.39 is 17.4 Å². The monoisotopic (exact) mass is 263 g/mol. The van der Waals surface area contributed by atoms with Gasteiger partial charge in [0.2, 0.25) is 5.56 Å². The molecule has 0 bridgehead atoms.